The van der Waals surface area contributed by atoms with Gasteiger partial charge in [0.2, 0.25) is 0 Å². The van der Waals surface area contributed by atoms with E-state index in [9.17, 15) is 0 Å². The van der Waals surface area contributed by atoms with E-state index in [4.69, 9.17) is 4.74 Å². The lowest BCUT2D eigenvalue weighted by atomic mass is 10.0. The highest BCUT2D eigenvalue weighted by molar-refractivity contribution is 14.0. The standard InChI is InChI=1S/C18H27N5O.HI/c1-3-19-17(21-13-18(2)10-6-12-24-18)20-11-9-16-22-14-7-4-5-8-15(14)23-16;/h4-5,7-8H,3,6,9-13H2,1-2H3,(H,22,23)(H2,19,20,21);1H. The van der Waals surface area contributed by atoms with Crippen LogP contribution in [0.2, 0.25) is 0 Å². The van der Waals surface area contributed by atoms with E-state index in [0.29, 0.717) is 6.54 Å². The molecule has 1 aliphatic rings. The quantitative estimate of drug-likeness (QED) is 0.355. The first-order valence-electron chi connectivity index (χ1n) is 8.78. The summed E-state index contributed by atoms with van der Waals surface area (Å²) in [5, 5.41) is 6.67. The number of hydrogen-bond acceptors (Lipinski definition) is 3. The number of benzene rings is 1. The third-order valence-corrected chi connectivity index (χ3v) is 4.31. The Balaban J connectivity index is 0.00000225. The fourth-order valence-corrected chi connectivity index (χ4v) is 2.97. The van der Waals surface area contributed by atoms with Gasteiger partial charge in [0, 0.05) is 26.1 Å². The number of imidazole rings is 1. The summed E-state index contributed by atoms with van der Waals surface area (Å²) >= 11 is 0. The van der Waals surface area contributed by atoms with Gasteiger partial charge in [-0.1, -0.05) is 12.1 Å². The molecule has 0 amide bonds. The van der Waals surface area contributed by atoms with Crippen LogP contribution in [0.5, 0.6) is 0 Å². The van der Waals surface area contributed by atoms with Gasteiger partial charge in [-0.25, -0.2) is 4.98 Å². The first-order valence-corrected chi connectivity index (χ1v) is 8.78. The topological polar surface area (TPSA) is 74.3 Å². The number of aromatic nitrogens is 2. The fraction of sp³-hybridized carbons (Fsp3) is 0.556. The third-order valence-electron chi connectivity index (χ3n) is 4.31. The van der Waals surface area contributed by atoms with Crippen molar-refractivity contribution in [1.29, 1.82) is 0 Å². The molecule has 6 nitrogen and oxygen atoms in total. The Kier molecular flexibility index (Phi) is 7.49. The highest BCUT2D eigenvalue weighted by Crippen LogP contribution is 2.24. The molecule has 3 rings (SSSR count). The molecule has 0 saturated carbocycles. The smallest absolute Gasteiger partial charge is 0.191 e. The number of fused-ring (bicyclic) bond motifs is 1. The minimum atomic E-state index is -0.110. The van der Waals surface area contributed by atoms with E-state index in [2.05, 4.69) is 39.4 Å². The zero-order valence-corrected chi connectivity index (χ0v) is 17.3. The van der Waals surface area contributed by atoms with Crippen LogP contribution >= 0.6 is 24.0 Å². The average molecular weight is 457 g/mol. The van der Waals surface area contributed by atoms with Gasteiger partial charge in [-0.05, 0) is 38.8 Å². The highest BCUT2D eigenvalue weighted by atomic mass is 127. The number of guanidine groups is 1. The Morgan fingerprint density at radius 1 is 1.36 bits per heavy atom. The van der Waals surface area contributed by atoms with Gasteiger partial charge in [0.15, 0.2) is 5.96 Å². The van der Waals surface area contributed by atoms with E-state index in [0.717, 1.165) is 61.8 Å². The molecule has 1 saturated heterocycles. The van der Waals surface area contributed by atoms with Gasteiger partial charge in [-0.3, -0.25) is 4.99 Å². The minimum absolute atomic E-state index is 0. The molecule has 0 radical (unpaired) electrons. The van der Waals surface area contributed by atoms with Crippen molar-refractivity contribution in [3.05, 3.63) is 30.1 Å². The number of nitrogens with one attached hydrogen (secondary N) is 3. The third kappa shape index (κ3) is 5.57. The van der Waals surface area contributed by atoms with Gasteiger partial charge in [-0.2, -0.15) is 0 Å². The normalized spacial score (nSPS) is 20.5. The van der Waals surface area contributed by atoms with Gasteiger partial charge in [0.1, 0.15) is 5.82 Å². The Hall–Kier alpha value is -1.35. The van der Waals surface area contributed by atoms with E-state index in [1.165, 1.54) is 0 Å². The van der Waals surface area contributed by atoms with Crippen LogP contribution in [0.3, 0.4) is 0 Å². The number of rotatable bonds is 6. The van der Waals surface area contributed by atoms with Gasteiger partial charge in [0.05, 0.1) is 23.2 Å². The Morgan fingerprint density at radius 3 is 2.92 bits per heavy atom. The van der Waals surface area contributed by atoms with Crippen molar-refractivity contribution in [1.82, 2.24) is 20.6 Å². The number of H-pyrrole nitrogens is 1. The van der Waals surface area contributed by atoms with Crippen LogP contribution in [-0.4, -0.2) is 47.8 Å². The molecule has 1 fully saturated rings. The molecule has 0 aliphatic carbocycles. The Labute approximate surface area is 166 Å². The number of hydrogen-bond donors (Lipinski definition) is 3. The van der Waals surface area contributed by atoms with Crippen molar-refractivity contribution in [2.45, 2.75) is 38.7 Å². The maximum absolute atomic E-state index is 5.80. The predicted molar refractivity (Wildman–Crippen MR) is 113 cm³/mol. The van der Waals surface area contributed by atoms with Crippen LogP contribution in [0, 0.1) is 0 Å². The summed E-state index contributed by atoms with van der Waals surface area (Å²) in [6.45, 7) is 7.37. The van der Waals surface area contributed by atoms with Crippen LogP contribution in [0.1, 0.15) is 32.5 Å². The Bertz CT molecular complexity index is 661. The van der Waals surface area contributed by atoms with Gasteiger partial charge < -0.3 is 20.4 Å². The van der Waals surface area contributed by atoms with E-state index >= 15 is 0 Å². The van der Waals surface area contributed by atoms with Crippen molar-refractivity contribution in [2.24, 2.45) is 4.99 Å². The molecule has 7 heteroatoms. The van der Waals surface area contributed by atoms with Gasteiger partial charge in [-0.15, -0.1) is 24.0 Å². The number of nitrogens with zero attached hydrogens (tertiary/aromatic N) is 2. The lowest BCUT2D eigenvalue weighted by Gasteiger charge is -2.21. The maximum atomic E-state index is 5.80. The molecule has 138 valence electrons. The monoisotopic (exact) mass is 457 g/mol. The molecule has 2 aromatic rings. The van der Waals surface area contributed by atoms with Crippen LogP contribution in [0.15, 0.2) is 29.3 Å². The number of ether oxygens (including phenoxy) is 1. The molecule has 1 aromatic heterocycles. The predicted octanol–water partition coefficient (Wildman–Crippen LogP) is 2.85. The van der Waals surface area contributed by atoms with Crippen molar-refractivity contribution < 1.29 is 4.74 Å². The summed E-state index contributed by atoms with van der Waals surface area (Å²) < 4.78 is 5.80. The fourth-order valence-electron chi connectivity index (χ4n) is 2.97. The van der Waals surface area contributed by atoms with E-state index < -0.39 is 0 Å². The lowest BCUT2D eigenvalue weighted by Crippen LogP contribution is -2.40. The molecule has 2 heterocycles. The SMILES string of the molecule is CCNC(=NCC1(C)CCCO1)NCCc1nc2ccccc2[nH]1.I. The summed E-state index contributed by atoms with van der Waals surface area (Å²) in [5.41, 5.74) is 1.99. The summed E-state index contributed by atoms with van der Waals surface area (Å²) in [6.07, 6.45) is 3.03. The van der Waals surface area contributed by atoms with E-state index in [1.807, 2.05) is 24.3 Å². The lowest BCUT2D eigenvalue weighted by molar-refractivity contribution is 0.0283. The summed E-state index contributed by atoms with van der Waals surface area (Å²) in [6, 6.07) is 8.10. The first kappa shape index (κ1) is 20.0. The van der Waals surface area contributed by atoms with Crippen molar-refractivity contribution in [3.63, 3.8) is 0 Å². The molecule has 1 aliphatic heterocycles. The van der Waals surface area contributed by atoms with Crippen LogP contribution < -0.4 is 10.6 Å². The second-order valence-electron chi connectivity index (χ2n) is 6.47. The maximum Gasteiger partial charge on any atom is 0.191 e. The van der Waals surface area contributed by atoms with Gasteiger partial charge in [0.25, 0.3) is 0 Å². The average Bonchev–Trinajstić information content (AvgIpc) is 3.19. The molecule has 1 atom stereocenters. The molecule has 1 aromatic carbocycles. The second kappa shape index (κ2) is 9.38. The highest BCUT2D eigenvalue weighted by Gasteiger charge is 2.29. The Morgan fingerprint density at radius 2 is 2.20 bits per heavy atom. The number of aromatic amines is 1. The number of halogens is 1. The van der Waals surface area contributed by atoms with Crippen LogP contribution in [-0.2, 0) is 11.2 Å². The first-order chi connectivity index (χ1) is 11.7. The van der Waals surface area contributed by atoms with E-state index in [1.54, 1.807) is 0 Å². The van der Waals surface area contributed by atoms with Crippen molar-refractivity contribution in [3.8, 4) is 0 Å². The molecular weight excluding hydrogens is 429 g/mol. The molecule has 0 bridgehead atoms. The molecule has 25 heavy (non-hydrogen) atoms. The summed E-state index contributed by atoms with van der Waals surface area (Å²) in [4.78, 5) is 12.6. The second-order valence-corrected chi connectivity index (χ2v) is 6.47. The molecule has 1 unspecified atom stereocenters. The summed E-state index contributed by atoms with van der Waals surface area (Å²) in [7, 11) is 0. The zero-order chi connectivity index (χ0) is 16.8. The van der Waals surface area contributed by atoms with Crippen molar-refractivity contribution >= 4 is 41.0 Å². The number of aliphatic imine (C=N–C) groups is 1. The molecule has 3 N–H and O–H groups in total. The van der Waals surface area contributed by atoms with Gasteiger partial charge >= 0.3 is 0 Å². The van der Waals surface area contributed by atoms with Crippen molar-refractivity contribution in [2.75, 3.05) is 26.2 Å². The molecule has 0 spiro atoms. The van der Waals surface area contributed by atoms with Crippen LogP contribution in [0.25, 0.3) is 11.0 Å². The van der Waals surface area contributed by atoms with E-state index in [-0.39, 0.29) is 29.6 Å². The summed E-state index contributed by atoms with van der Waals surface area (Å²) in [5.74, 6) is 1.83. The number of para-hydroxylation sites is 2. The minimum Gasteiger partial charge on any atom is -0.373 e. The zero-order valence-electron chi connectivity index (χ0n) is 15.0. The largest absolute Gasteiger partial charge is 0.373 e. The van der Waals surface area contributed by atoms with Crippen LogP contribution in [0.4, 0.5) is 0 Å². The molecular formula is C18H28IN5O.